The molecule has 2 N–H and O–H groups in total. The Kier molecular flexibility index (Phi) is 5.37. The lowest BCUT2D eigenvalue weighted by atomic mass is 10.2. The van der Waals surface area contributed by atoms with Gasteiger partial charge in [-0.3, -0.25) is 30.2 Å². The molecule has 0 saturated heterocycles. The number of hydrogen-bond acceptors (Lipinski definition) is 5. The lowest BCUT2D eigenvalue weighted by Crippen LogP contribution is -2.42. The van der Waals surface area contributed by atoms with E-state index in [2.05, 4.69) is 15.8 Å². The number of aromatic nitrogens is 1. The number of hydrazine groups is 1. The summed E-state index contributed by atoms with van der Waals surface area (Å²) in [6.07, 6.45) is 1.60. The number of thiophene rings is 1. The molecular weight excluding hydrogens is 302 g/mol. The maximum atomic E-state index is 11.9. The van der Waals surface area contributed by atoms with E-state index < -0.39 is 11.8 Å². The van der Waals surface area contributed by atoms with Crippen LogP contribution >= 0.6 is 11.3 Å². The second-order valence-corrected chi connectivity index (χ2v) is 5.84. The van der Waals surface area contributed by atoms with Gasteiger partial charge >= 0.3 is 0 Å². The summed E-state index contributed by atoms with van der Waals surface area (Å²) in [6, 6.07) is 8.51. The number of nitrogens with zero attached hydrogens (tertiary/aromatic N) is 1. The SMILES string of the molecule is Cc1ccc(C(=O)CCC(=O)NNC(=O)c2ccccn2)s1. The minimum atomic E-state index is -0.505. The first kappa shape index (κ1) is 15.8. The van der Waals surface area contributed by atoms with E-state index in [9.17, 15) is 14.4 Å². The van der Waals surface area contributed by atoms with Crippen LogP contribution in [-0.4, -0.2) is 22.6 Å². The molecule has 0 radical (unpaired) electrons. The average Bonchev–Trinajstić information content (AvgIpc) is 2.97. The third-order valence-corrected chi connectivity index (χ3v) is 3.85. The largest absolute Gasteiger partial charge is 0.293 e. The number of hydrogen-bond donors (Lipinski definition) is 2. The topological polar surface area (TPSA) is 88.2 Å². The van der Waals surface area contributed by atoms with Gasteiger partial charge in [0.25, 0.3) is 5.91 Å². The molecule has 0 unspecified atom stereocenters. The van der Waals surface area contributed by atoms with Gasteiger partial charge in [0.2, 0.25) is 5.91 Å². The van der Waals surface area contributed by atoms with Crippen LogP contribution in [0.2, 0.25) is 0 Å². The zero-order valence-corrected chi connectivity index (χ0v) is 12.8. The summed E-state index contributed by atoms with van der Waals surface area (Å²) in [5, 5.41) is 0. The van der Waals surface area contributed by atoms with E-state index >= 15 is 0 Å². The molecule has 0 aliphatic rings. The number of Topliss-reactive ketones (excluding diaryl/α,β-unsaturated/α-hetero) is 1. The Morgan fingerprint density at radius 2 is 1.91 bits per heavy atom. The molecule has 2 amide bonds. The van der Waals surface area contributed by atoms with Crippen molar-refractivity contribution in [2.45, 2.75) is 19.8 Å². The highest BCUT2D eigenvalue weighted by Gasteiger charge is 2.12. The Balaban J connectivity index is 1.74. The van der Waals surface area contributed by atoms with Crippen molar-refractivity contribution in [1.29, 1.82) is 0 Å². The van der Waals surface area contributed by atoms with Crippen LogP contribution in [0.5, 0.6) is 0 Å². The number of aryl methyl sites for hydroxylation is 1. The molecule has 0 fully saturated rings. The molecule has 6 nitrogen and oxygen atoms in total. The Labute approximate surface area is 131 Å². The molecule has 114 valence electrons. The Morgan fingerprint density at radius 3 is 2.55 bits per heavy atom. The second-order valence-electron chi connectivity index (χ2n) is 4.55. The number of rotatable bonds is 5. The predicted octanol–water partition coefficient (Wildman–Crippen LogP) is 1.88. The molecule has 2 aromatic heterocycles. The summed E-state index contributed by atoms with van der Waals surface area (Å²) in [5.74, 6) is -1.01. The summed E-state index contributed by atoms with van der Waals surface area (Å²) in [6.45, 7) is 1.92. The maximum absolute atomic E-state index is 11.9. The standard InChI is InChI=1S/C15H15N3O3S/c1-10-5-7-13(22-10)12(19)6-8-14(20)17-18-15(21)11-4-2-3-9-16-11/h2-5,7,9H,6,8H2,1H3,(H,17,20)(H,18,21). The van der Waals surface area contributed by atoms with E-state index in [-0.39, 0.29) is 24.3 Å². The molecule has 22 heavy (non-hydrogen) atoms. The third kappa shape index (κ3) is 4.49. The van der Waals surface area contributed by atoms with Crippen LogP contribution in [0.4, 0.5) is 0 Å². The number of nitrogens with one attached hydrogen (secondary N) is 2. The fourth-order valence-electron chi connectivity index (χ4n) is 1.68. The molecule has 0 aromatic carbocycles. The van der Waals surface area contributed by atoms with E-state index in [1.165, 1.54) is 23.6 Å². The lowest BCUT2D eigenvalue weighted by Gasteiger charge is -2.06. The van der Waals surface area contributed by atoms with Crippen LogP contribution < -0.4 is 10.9 Å². The van der Waals surface area contributed by atoms with E-state index in [4.69, 9.17) is 0 Å². The van der Waals surface area contributed by atoms with Gasteiger partial charge in [0.15, 0.2) is 5.78 Å². The summed E-state index contributed by atoms with van der Waals surface area (Å²) in [4.78, 5) is 40.7. The summed E-state index contributed by atoms with van der Waals surface area (Å²) in [7, 11) is 0. The number of amides is 2. The highest BCUT2D eigenvalue weighted by molar-refractivity contribution is 7.14. The van der Waals surface area contributed by atoms with Crippen molar-refractivity contribution in [3.8, 4) is 0 Å². The van der Waals surface area contributed by atoms with Crippen LogP contribution in [0.15, 0.2) is 36.5 Å². The van der Waals surface area contributed by atoms with Crippen molar-refractivity contribution < 1.29 is 14.4 Å². The van der Waals surface area contributed by atoms with Gasteiger partial charge in [-0.25, -0.2) is 0 Å². The predicted molar refractivity (Wildman–Crippen MR) is 82.5 cm³/mol. The monoisotopic (exact) mass is 317 g/mol. The van der Waals surface area contributed by atoms with Gasteiger partial charge in [0.1, 0.15) is 5.69 Å². The van der Waals surface area contributed by atoms with Crippen molar-refractivity contribution in [1.82, 2.24) is 15.8 Å². The summed E-state index contributed by atoms with van der Waals surface area (Å²) < 4.78 is 0. The van der Waals surface area contributed by atoms with Crippen molar-refractivity contribution in [3.05, 3.63) is 52.0 Å². The fourth-order valence-corrected chi connectivity index (χ4v) is 2.52. The molecule has 0 aliphatic carbocycles. The van der Waals surface area contributed by atoms with Crippen molar-refractivity contribution in [2.24, 2.45) is 0 Å². The van der Waals surface area contributed by atoms with Crippen LogP contribution in [0.25, 0.3) is 0 Å². The van der Waals surface area contributed by atoms with Crippen LogP contribution in [0.3, 0.4) is 0 Å². The van der Waals surface area contributed by atoms with E-state index in [0.717, 1.165) is 4.88 Å². The molecule has 0 atom stereocenters. The third-order valence-electron chi connectivity index (χ3n) is 2.81. The van der Waals surface area contributed by atoms with E-state index in [1.54, 1.807) is 18.2 Å². The first-order valence-electron chi connectivity index (χ1n) is 6.66. The van der Waals surface area contributed by atoms with Gasteiger partial charge in [-0.2, -0.15) is 0 Å². The van der Waals surface area contributed by atoms with Gasteiger partial charge in [-0.1, -0.05) is 6.07 Å². The van der Waals surface area contributed by atoms with Crippen molar-refractivity contribution in [2.75, 3.05) is 0 Å². The van der Waals surface area contributed by atoms with Gasteiger partial charge in [-0.15, -0.1) is 11.3 Å². The minimum absolute atomic E-state index is 0.0122. The molecule has 2 heterocycles. The van der Waals surface area contributed by atoms with Crippen LogP contribution in [0, 0.1) is 6.92 Å². The molecule has 2 rings (SSSR count). The van der Waals surface area contributed by atoms with Crippen molar-refractivity contribution >= 4 is 28.9 Å². The van der Waals surface area contributed by atoms with Gasteiger partial charge < -0.3 is 0 Å². The molecule has 0 aliphatic heterocycles. The van der Waals surface area contributed by atoms with E-state index in [0.29, 0.717) is 4.88 Å². The molecule has 7 heteroatoms. The van der Waals surface area contributed by atoms with Crippen LogP contribution in [-0.2, 0) is 4.79 Å². The highest BCUT2D eigenvalue weighted by atomic mass is 32.1. The fraction of sp³-hybridized carbons (Fsp3) is 0.200. The van der Waals surface area contributed by atoms with E-state index in [1.807, 2.05) is 13.0 Å². The molecule has 0 bridgehead atoms. The number of carbonyl (C=O) groups excluding carboxylic acids is 3. The Morgan fingerprint density at radius 1 is 1.09 bits per heavy atom. The second kappa shape index (κ2) is 7.46. The highest BCUT2D eigenvalue weighted by Crippen LogP contribution is 2.17. The molecule has 0 saturated carbocycles. The van der Waals surface area contributed by atoms with Gasteiger partial charge in [0, 0.05) is 23.9 Å². The normalized spacial score (nSPS) is 10.0. The Hall–Kier alpha value is -2.54. The summed E-state index contributed by atoms with van der Waals surface area (Å²) in [5.41, 5.74) is 4.72. The Bertz CT molecular complexity index is 682. The van der Waals surface area contributed by atoms with Crippen molar-refractivity contribution in [3.63, 3.8) is 0 Å². The zero-order valence-electron chi connectivity index (χ0n) is 12.0. The number of ketones is 1. The van der Waals surface area contributed by atoms with Gasteiger partial charge in [-0.05, 0) is 31.2 Å². The summed E-state index contributed by atoms with van der Waals surface area (Å²) >= 11 is 1.40. The number of pyridine rings is 1. The van der Waals surface area contributed by atoms with Gasteiger partial charge in [0.05, 0.1) is 4.88 Å². The first-order valence-corrected chi connectivity index (χ1v) is 7.48. The molecule has 0 spiro atoms. The average molecular weight is 317 g/mol. The number of carbonyl (C=O) groups is 3. The smallest absolute Gasteiger partial charge is 0.288 e. The quantitative estimate of drug-likeness (QED) is 0.651. The maximum Gasteiger partial charge on any atom is 0.288 e. The zero-order chi connectivity index (χ0) is 15.9. The first-order chi connectivity index (χ1) is 10.6. The lowest BCUT2D eigenvalue weighted by molar-refractivity contribution is -0.121. The molecule has 2 aromatic rings. The van der Waals surface area contributed by atoms with Crippen LogP contribution in [0.1, 0.15) is 37.9 Å². The molecular formula is C15H15N3O3S. The minimum Gasteiger partial charge on any atom is -0.293 e.